The van der Waals surface area contributed by atoms with E-state index in [1.165, 1.54) is 12.8 Å². The second-order valence-corrected chi connectivity index (χ2v) is 5.87. The van der Waals surface area contributed by atoms with Gasteiger partial charge in [0.15, 0.2) is 0 Å². The number of hydrogen-bond acceptors (Lipinski definition) is 4. The van der Waals surface area contributed by atoms with Crippen LogP contribution in [-0.2, 0) is 0 Å². The van der Waals surface area contributed by atoms with Crippen molar-refractivity contribution in [2.75, 3.05) is 25.5 Å². The highest BCUT2D eigenvalue weighted by atomic mass is 35.5. The Kier molecular flexibility index (Phi) is 3.16. The van der Waals surface area contributed by atoms with Gasteiger partial charge in [-0.25, -0.2) is 9.97 Å². The lowest BCUT2D eigenvalue weighted by molar-refractivity contribution is 0.414. The second kappa shape index (κ2) is 4.67. The van der Waals surface area contributed by atoms with E-state index in [9.17, 15) is 0 Å². The fraction of sp³-hybridized carbons (Fsp3) is 0.692. The normalized spacial score (nSPS) is 24.5. The van der Waals surface area contributed by atoms with Crippen molar-refractivity contribution in [3.63, 3.8) is 0 Å². The number of halogens is 1. The van der Waals surface area contributed by atoms with E-state index in [1.807, 2.05) is 6.92 Å². The summed E-state index contributed by atoms with van der Waals surface area (Å²) < 4.78 is 0. The molecule has 1 unspecified atom stereocenters. The van der Waals surface area contributed by atoms with Crippen molar-refractivity contribution in [2.45, 2.75) is 38.1 Å². The van der Waals surface area contributed by atoms with Gasteiger partial charge < -0.3 is 10.2 Å². The number of nitrogens with one attached hydrogen (secondary N) is 1. The lowest BCUT2D eigenvalue weighted by atomic mass is 10.2. The highest BCUT2D eigenvalue weighted by Gasteiger charge is 2.28. The maximum atomic E-state index is 6.20. The van der Waals surface area contributed by atoms with Gasteiger partial charge in [0.25, 0.3) is 0 Å². The Morgan fingerprint density at radius 3 is 2.67 bits per heavy atom. The number of likely N-dealkylation sites (N-methyl/N-ethyl adjacent to an activating group) is 1. The van der Waals surface area contributed by atoms with Gasteiger partial charge in [-0.15, -0.1) is 0 Å². The molecule has 2 aliphatic rings. The lowest BCUT2D eigenvalue weighted by Crippen LogP contribution is -2.24. The van der Waals surface area contributed by atoms with Crippen molar-refractivity contribution >= 4 is 17.4 Å². The van der Waals surface area contributed by atoms with Gasteiger partial charge in [0.05, 0.1) is 0 Å². The average molecular weight is 267 g/mol. The molecule has 1 saturated heterocycles. The number of nitrogens with zero attached hydrogens (tertiary/aromatic N) is 3. The molecule has 1 atom stereocenters. The van der Waals surface area contributed by atoms with Gasteiger partial charge in [-0.2, -0.15) is 0 Å². The van der Waals surface area contributed by atoms with E-state index in [1.54, 1.807) is 0 Å². The zero-order valence-electron chi connectivity index (χ0n) is 10.9. The molecule has 4 nitrogen and oxygen atoms in total. The molecule has 1 aromatic heterocycles. The summed E-state index contributed by atoms with van der Waals surface area (Å²) in [5.41, 5.74) is 0.968. The summed E-state index contributed by atoms with van der Waals surface area (Å²) in [6.07, 6.45) is 3.56. The van der Waals surface area contributed by atoms with Gasteiger partial charge in [-0.3, -0.25) is 0 Å². The topological polar surface area (TPSA) is 41.1 Å². The van der Waals surface area contributed by atoms with E-state index in [2.05, 4.69) is 27.2 Å². The number of aromatic nitrogens is 2. The van der Waals surface area contributed by atoms with Crippen LogP contribution in [0.1, 0.15) is 36.6 Å². The molecule has 2 heterocycles. The Morgan fingerprint density at radius 1 is 1.28 bits per heavy atom. The Morgan fingerprint density at radius 2 is 2.06 bits per heavy atom. The van der Waals surface area contributed by atoms with Crippen LogP contribution in [0.3, 0.4) is 0 Å². The third kappa shape index (κ3) is 2.45. The van der Waals surface area contributed by atoms with Crippen LogP contribution in [0, 0.1) is 6.92 Å². The maximum Gasteiger partial charge on any atom is 0.137 e. The van der Waals surface area contributed by atoms with Gasteiger partial charge in [-0.05, 0) is 39.8 Å². The molecule has 0 aromatic carbocycles. The summed E-state index contributed by atoms with van der Waals surface area (Å²) in [5.74, 6) is 2.38. The molecule has 3 rings (SSSR count). The fourth-order valence-corrected chi connectivity index (χ4v) is 2.59. The van der Waals surface area contributed by atoms with E-state index >= 15 is 0 Å². The predicted octanol–water partition coefficient (Wildman–Crippen LogP) is 2.43. The van der Waals surface area contributed by atoms with Crippen LogP contribution in [0.5, 0.6) is 0 Å². The molecule has 18 heavy (non-hydrogen) atoms. The summed E-state index contributed by atoms with van der Waals surface area (Å²) in [7, 11) is 2.15. The minimum absolute atomic E-state index is 0.478. The highest BCUT2D eigenvalue weighted by Crippen LogP contribution is 2.39. The molecule has 98 valence electrons. The van der Waals surface area contributed by atoms with Crippen LogP contribution in [0.2, 0.25) is 5.15 Å². The molecular formula is C13H19ClN4. The van der Waals surface area contributed by atoms with Crippen LogP contribution < -0.4 is 5.32 Å². The summed E-state index contributed by atoms with van der Waals surface area (Å²) >= 11 is 6.20. The van der Waals surface area contributed by atoms with Gasteiger partial charge in [0, 0.05) is 24.1 Å². The minimum atomic E-state index is 0.478. The van der Waals surface area contributed by atoms with Crippen LogP contribution in [0.15, 0.2) is 0 Å². The van der Waals surface area contributed by atoms with Crippen LogP contribution in [-0.4, -0.2) is 41.0 Å². The first kappa shape index (κ1) is 12.2. The molecule has 1 aliphatic heterocycles. The number of anilines is 1. The van der Waals surface area contributed by atoms with Crippen molar-refractivity contribution in [1.82, 2.24) is 14.9 Å². The summed E-state index contributed by atoms with van der Waals surface area (Å²) in [5, 5.41) is 4.12. The monoisotopic (exact) mass is 266 g/mol. The predicted molar refractivity (Wildman–Crippen MR) is 73.3 cm³/mol. The molecule has 0 spiro atoms. The van der Waals surface area contributed by atoms with Gasteiger partial charge in [-0.1, -0.05) is 11.6 Å². The number of rotatable bonds is 3. The third-order valence-electron chi connectivity index (χ3n) is 3.78. The Bertz CT molecular complexity index is 459. The Hall–Kier alpha value is -0.870. The highest BCUT2D eigenvalue weighted by molar-refractivity contribution is 6.30. The van der Waals surface area contributed by atoms with E-state index in [-0.39, 0.29) is 0 Å². The van der Waals surface area contributed by atoms with Gasteiger partial charge in [0.1, 0.15) is 16.8 Å². The van der Waals surface area contributed by atoms with E-state index in [0.29, 0.717) is 17.1 Å². The van der Waals surface area contributed by atoms with Gasteiger partial charge >= 0.3 is 0 Å². The maximum absolute atomic E-state index is 6.20. The molecule has 5 heteroatoms. The van der Waals surface area contributed by atoms with Crippen molar-refractivity contribution < 1.29 is 0 Å². The van der Waals surface area contributed by atoms with Crippen molar-refractivity contribution in [2.24, 2.45) is 0 Å². The summed E-state index contributed by atoms with van der Waals surface area (Å²) in [6, 6.07) is 0.478. The smallest absolute Gasteiger partial charge is 0.137 e. The number of hydrogen-bond donors (Lipinski definition) is 1. The van der Waals surface area contributed by atoms with Crippen LogP contribution in [0.4, 0.5) is 5.82 Å². The Labute approximate surface area is 113 Å². The zero-order chi connectivity index (χ0) is 12.7. The first-order valence-electron chi connectivity index (χ1n) is 6.62. The standard InChI is InChI=1S/C13H19ClN4/c1-8-11(14)16-13(9-3-4-9)17-12(8)15-10-5-6-18(2)7-10/h9-10H,3-7H2,1-2H3,(H,15,16,17). The lowest BCUT2D eigenvalue weighted by Gasteiger charge is -2.16. The largest absolute Gasteiger partial charge is 0.366 e. The van der Waals surface area contributed by atoms with Gasteiger partial charge in [0.2, 0.25) is 0 Å². The molecule has 0 bridgehead atoms. The van der Waals surface area contributed by atoms with Crippen molar-refractivity contribution in [3.05, 3.63) is 16.5 Å². The summed E-state index contributed by atoms with van der Waals surface area (Å²) in [6.45, 7) is 4.20. The average Bonchev–Trinajstić information content (AvgIpc) is 3.10. The molecule has 1 saturated carbocycles. The Balaban J connectivity index is 1.81. The molecule has 1 aliphatic carbocycles. The van der Waals surface area contributed by atoms with Crippen molar-refractivity contribution in [3.8, 4) is 0 Å². The number of likely N-dealkylation sites (tertiary alicyclic amines) is 1. The van der Waals surface area contributed by atoms with Crippen molar-refractivity contribution in [1.29, 1.82) is 0 Å². The quantitative estimate of drug-likeness (QED) is 0.854. The third-order valence-corrected chi connectivity index (χ3v) is 4.15. The molecule has 0 amide bonds. The van der Waals surface area contributed by atoms with Crippen LogP contribution >= 0.6 is 11.6 Å². The van der Waals surface area contributed by atoms with E-state index in [4.69, 9.17) is 11.6 Å². The first-order chi connectivity index (χ1) is 8.63. The van der Waals surface area contributed by atoms with E-state index in [0.717, 1.165) is 36.7 Å². The molecule has 1 aromatic rings. The fourth-order valence-electron chi connectivity index (χ4n) is 2.42. The SMILES string of the molecule is Cc1c(Cl)nc(C2CC2)nc1NC1CCN(C)C1. The van der Waals surface area contributed by atoms with E-state index < -0.39 is 0 Å². The molecule has 2 fully saturated rings. The molecule has 0 radical (unpaired) electrons. The molecular weight excluding hydrogens is 248 g/mol. The van der Waals surface area contributed by atoms with Crippen LogP contribution in [0.25, 0.3) is 0 Å². The first-order valence-corrected chi connectivity index (χ1v) is 7.00. The minimum Gasteiger partial charge on any atom is -0.366 e. The molecule has 1 N–H and O–H groups in total. The summed E-state index contributed by atoms with van der Waals surface area (Å²) in [4.78, 5) is 11.4. The second-order valence-electron chi connectivity index (χ2n) is 5.51. The zero-order valence-corrected chi connectivity index (χ0v) is 11.7.